The molecule has 33 heavy (non-hydrogen) atoms. The molecule has 0 aromatic heterocycles. The van der Waals surface area contributed by atoms with Crippen molar-refractivity contribution in [2.45, 2.75) is 136 Å². The van der Waals surface area contributed by atoms with E-state index in [0.717, 1.165) is 11.8 Å². The maximum atomic E-state index is 2.56. The second-order valence-electron chi connectivity index (χ2n) is 11.1. The molecule has 2 aliphatic carbocycles. The molecule has 2 unspecified atom stereocenters. The molecular formula is C33H52. The first-order valence-electron chi connectivity index (χ1n) is 14.8. The van der Waals surface area contributed by atoms with Crippen LogP contribution in [0.25, 0.3) is 11.1 Å². The second-order valence-corrected chi connectivity index (χ2v) is 11.1. The topological polar surface area (TPSA) is 0 Å². The third-order valence-corrected chi connectivity index (χ3v) is 8.35. The molecule has 0 heteroatoms. The maximum Gasteiger partial charge on any atom is -0.0227 e. The van der Waals surface area contributed by atoms with Gasteiger partial charge in [-0.2, -0.15) is 0 Å². The summed E-state index contributed by atoms with van der Waals surface area (Å²) in [7, 11) is 0. The molecule has 0 fully saturated rings. The quantitative estimate of drug-likeness (QED) is 0.234. The lowest BCUT2D eigenvalue weighted by Crippen LogP contribution is -2.06. The molecule has 0 aliphatic heterocycles. The van der Waals surface area contributed by atoms with E-state index in [-0.39, 0.29) is 0 Å². The summed E-state index contributed by atoms with van der Waals surface area (Å²) in [6, 6.07) is 9.58. The highest BCUT2D eigenvalue weighted by Gasteiger charge is 2.17. The molecule has 0 spiro atoms. The van der Waals surface area contributed by atoms with Crippen molar-refractivity contribution in [1.29, 1.82) is 0 Å². The van der Waals surface area contributed by atoms with E-state index >= 15 is 0 Å². The van der Waals surface area contributed by atoms with Gasteiger partial charge in [-0.1, -0.05) is 134 Å². The van der Waals surface area contributed by atoms with Crippen LogP contribution in [-0.4, -0.2) is 0 Å². The summed E-state index contributed by atoms with van der Waals surface area (Å²) >= 11 is 0. The number of unbranched alkanes of at least 4 members (excludes halogenated alkanes) is 9. The zero-order valence-corrected chi connectivity index (χ0v) is 22.1. The zero-order chi connectivity index (χ0) is 23.1. The van der Waals surface area contributed by atoms with Gasteiger partial charge in [0.15, 0.2) is 0 Å². The minimum Gasteiger partial charge on any atom is -0.0804 e. The van der Waals surface area contributed by atoms with Crippen LogP contribution < -0.4 is 0 Å². The van der Waals surface area contributed by atoms with E-state index in [1.165, 1.54) is 133 Å². The molecule has 184 valence electrons. The van der Waals surface area contributed by atoms with Crippen LogP contribution in [0.4, 0.5) is 0 Å². The molecule has 3 rings (SSSR count). The fraction of sp³-hybridized carbons (Fsp3) is 0.697. The third kappa shape index (κ3) is 9.46. The van der Waals surface area contributed by atoms with E-state index < -0.39 is 0 Å². The van der Waals surface area contributed by atoms with Crippen molar-refractivity contribution in [3.05, 3.63) is 47.5 Å². The average Bonchev–Trinajstić information content (AvgIpc) is 2.87. The second kappa shape index (κ2) is 15.6. The summed E-state index contributed by atoms with van der Waals surface area (Å²) in [5.41, 5.74) is 6.13. The first kappa shape index (κ1) is 26.3. The van der Waals surface area contributed by atoms with E-state index in [1.54, 1.807) is 11.1 Å². The molecule has 0 nitrogen and oxygen atoms in total. The van der Waals surface area contributed by atoms with E-state index in [9.17, 15) is 0 Å². The van der Waals surface area contributed by atoms with Gasteiger partial charge < -0.3 is 0 Å². The summed E-state index contributed by atoms with van der Waals surface area (Å²) in [5, 5.41) is 0. The van der Waals surface area contributed by atoms with Crippen LogP contribution in [0.1, 0.15) is 147 Å². The van der Waals surface area contributed by atoms with E-state index in [1.807, 2.05) is 0 Å². The molecule has 0 heterocycles. The molecular weight excluding hydrogens is 396 g/mol. The van der Waals surface area contributed by atoms with Crippen LogP contribution in [-0.2, 0) is 0 Å². The Bertz CT molecular complexity index is 704. The van der Waals surface area contributed by atoms with Crippen molar-refractivity contribution < 1.29 is 0 Å². The monoisotopic (exact) mass is 448 g/mol. The molecule has 0 bridgehead atoms. The van der Waals surface area contributed by atoms with Crippen LogP contribution in [0.5, 0.6) is 0 Å². The van der Waals surface area contributed by atoms with Crippen molar-refractivity contribution in [3.63, 3.8) is 0 Å². The van der Waals surface area contributed by atoms with Gasteiger partial charge >= 0.3 is 0 Å². The molecule has 0 saturated carbocycles. The summed E-state index contributed by atoms with van der Waals surface area (Å²) < 4.78 is 0. The first-order chi connectivity index (χ1) is 16.3. The van der Waals surface area contributed by atoms with E-state index in [2.05, 4.69) is 50.3 Å². The Labute approximate surface area is 206 Å². The Hall–Kier alpha value is -1.30. The van der Waals surface area contributed by atoms with Crippen LogP contribution in [0, 0.1) is 11.8 Å². The van der Waals surface area contributed by atoms with Crippen molar-refractivity contribution >= 4 is 11.1 Å². The van der Waals surface area contributed by atoms with Crippen molar-refractivity contribution in [1.82, 2.24) is 0 Å². The molecule has 2 aliphatic rings. The fourth-order valence-electron chi connectivity index (χ4n) is 5.97. The predicted octanol–water partition coefficient (Wildman–Crippen LogP) is 11.2. The highest BCUT2D eigenvalue weighted by atomic mass is 14.2. The van der Waals surface area contributed by atoms with Gasteiger partial charge in [-0.3, -0.25) is 0 Å². The average molecular weight is 449 g/mol. The van der Waals surface area contributed by atoms with Crippen LogP contribution in [0.3, 0.4) is 0 Å². The van der Waals surface area contributed by atoms with Crippen LogP contribution in [0.15, 0.2) is 36.4 Å². The first-order valence-corrected chi connectivity index (χ1v) is 14.8. The third-order valence-electron chi connectivity index (χ3n) is 8.35. The number of benzene rings is 1. The van der Waals surface area contributed by atoms with E-state index in [4.69, 9.17) is 0 Å². The van der Waals surface area contributed by atoms with Crippen molar-refractivity contribution in [2.24, 2.45) is 11.8 Å². The molecule has 0 radical (unpaired) electrons. The van der Waals surface area contributed by atoms with Gasteiger partial charge in [0.25, 0.3) is 0 Å². The predicted molar refractivity (Wildman–Crippen MR) is 148 cm³/mol. The van der Waals surface area contributed by atoms with Gasteiger partial charge in [0, 0.05) is 0 Å². The number of hydrogen-bond donors (Lipinski definition) is 0. The van der Waals surface area contributed by atoms with Gasteiger partial charge in [0.1, 0.15) is 0 Å². The SMILES string of the molecule is CCCCCCCCCCC1CC=C(c2ccc(C3=CCC(CCCCC)CC3)cc2)CC1. The highest BCUT2D eigenvalue weighted by molar-refractivity contribution is 5.71. The lowest BCUT2D eigenvalue weighted by atomic mass is 9.82. The standard InChI is InChI=1S/C33H52/c1-3-5-7-8-9-10-11-13-15-29-18-22-31(23-19-29)33-26-24-32(25-27-33)30-20-16-28(17-21-30)14-12-6-4-2/h20,22,24-29H,3-19,21,23H2,1-2H3. The number of rotatable bonds is 15. The van der Waals surface area contributed by atoms with Gasteiger partial charge in [-0.25, -0.2) is 0 Å². The zero-order valence-electron chi connectivity index (χ0n) is 22.1. The minimum absolute atomic E-state index is 0.936. The molecule has 1 aromatic carbocycles. The van der Waals surface area contributed by atoms with Crippen LogP contribution >= 0.6 is 0 Å². The van der Waals surface area contributed by atoms with E-state index in [0.29, 0.717) is 0 Å². The Balaban J connectivity index is 1.36. The van der Waals surface area contributed by atoms with Crippen molar-refractivity contribution in [2.75, 3.05) is 0 Å². The summed E-state index contributed by atoms with van der Waals surface area (Å²) in [6.45, 7) is 4.61. The molecule has 1 aromatic rings. The molecule has 2 atom stereocenters. The Morgan fingerprint density at radius 2 is 0.939 bits per heavy atom. The normalized spacial score (nSPS) is 21.0. The minimum atomic E-state index is 0.936. The lowest BCUT2D eigenvalue weighted by molar-refractivity contribution is 0.422. The largest absolute Gasteiger partial charge is 0.0804 e. The molecule has 0 saturated heterocycles. The fourth-order valence-corrected chi connectivity index (χ4v) is 5.97. The van der Waals surface area contributed by atoms with Gasteiger partial charge in [0.2, 0.25) is 0 Å². The summed E-state index contributed by atoms with van der Waals surface area (Å²) in [4.78, 5) is 0. The van der Waals surface area contributed by atoms with Crippen molar-refractivity contribution in [3.8, 4) is 0 Å². The number of allylic oxidation sites excluding steroid dienone is 4. The van der Waals surface area contributed by atoms with Gasteiger partial charge in [0.05, 0.1) is 0 Å². The summed E-state index contributed by atoms with van der Waals surface area (Å²) in [6.07, 6.45) is 31.6. The summed E-state index contributed by atoms with van der Waals surface area (Å²) in [5.74, 6) is 1.87. The van der Waals surface area contributed by atoms with Crippen LogP contribution in [0.2, 0.25) is 0 Å². The van der Waals surface area contributed by atoms with Gasteiger partial charge in [-0.15, -0.1) is 0 Å². The smallest absolute Gasteiger partial charge is 0.0227 e. The lowest BCUT2D eigenvalue weighted by Gasteiger charge is -2.23. The molecule has 0 amide bonds. The molecule has 0 N–H and O–H groups in total. The highest BCUT2D eigenvalue weighted by Crippen LogP contribution is 2.35. The Morgan fingerprint density at radius 3 is 1.36 bits per heavy atom. The Morgan fingerprint density at radius 1 is 0.545 bits per heavy atom. The Kier molecular flexibility index (Phi) is 12.4. The van der Waals surface area contributed by atoms with Gasteiger partial charge in [-0.05, 0) is 72.6 Å². The maximum absolute atomic E-state index is 2.56. The number of hydrogen-bond acceptors (Lipinski definition) is 0.